The predicted molar refractivity (Wildman–Crippen MR) is 117 cm³/mol. The van der Waals surface area contributed by atoms with Crippen LogP contribution in [0.4, 0.5) is 0 Å². The first-order valence-corrected chi connectivity index (χ1v) is 11.0. The third kappa shape index (κ3) is 4.11. The number of carbonyl (C=O) groups is 1. The summed E-state index contributed by atoms with van der Waals surface area (Å²) in [7, 11) is 2.04. The van der Waals surface area contributed by atoms with Crippen molar-refractivity contribution in [1.29, 1.82) is 0 Å². The Balaban J connectivity index is 1.58. The minimum atomic E-state index is -0.0229. The topological polar surface area (TPSA) is 68.8 Å². The molecule has 0 N–H and O–H groups in total. The van der Waals surface area contributed by atoms with Crippen molar-refractivity contribution in [2.75, 3.05) is 0 Å². The largest absolute Gasteiger partial charge is 0.332 e. The molecule has 1 unspecified atom stereocenters. The zero-order valence-electron chi connectivity index (χ0n) is 18.5. The van der Waals surface area contributed by atoms with Gasteiger partial charge in [0.25, 0.3) is 0 Å². The first-order valence-electron chi connectivity index (χ1n) is 11.0. The number of hydrogen-bond donors (Lipinski definition) is 0. The summed E-state index contributed by atoms with van der Waals surface area (Å²) in [4.78, 5) is 24.8. The van der Waals surface area contributed by atoms with Gasteiger partial charge in [0, 0.05) is 19.5 Å². The first-order chi connectivity index (χ1) is 14.4. The van der Waals surface area contributed by atoms with Gasteiger partial charge >= 0.3 is 0 Å². The Morgan fingerprint density at radius 1 is 1.17 bits per heavy atom. The lowest BCUT2D eigenvalue weighted by molar-refractivity contribution is -0.136. The molecule has 2 heterocycles. The van der Waals surface area contributed by atoms with E-state index in [2.05, 4.69) is 25.6 Å². The highest BCUT2D eigenvalue weighted by atomic mass is 16.2. The van der Waals surface area contributed by atoms with Crippen LogP contribution in [0, 0.1) is 13.8 Å². The molecule has 0 bridgehead atoms. The molecule has 1 amide bonds. The molecule has 160 valence electrons. The highest BCUT2D eigenvalue weighted by Crippen LogP contribution is 2.27. The van der Waals surface area contributed by atoms with E-state index in [0.717, 1.165) is 41.3 Å². The molecule has 1 fully saturated rings. The van der Waals surface area contributed by atoms with E-state index in [1.165, 1.54) is 19.3 Å². The van der Waals surface area contributed by atoms with Gasteiger partial charge in [-0.2, -0.15) is 5.10 Å². The fraction of sp³-hybridized carbons (Fsp3) is 0.565. The van der Waals surface area contributed by atoms with Gasteiger partial charge in [-0.25, -0.2) is 14.6 Å². The van der Waals surface area contributed by atoms with Crippen molar-refractivity contribution in [3.05, 3.63) is 41.7 Å². The zero-order valence-corrected chi connectivity index (χ0v) is 18.5. The van der Waals surface area contributed by atoms with Crippen LogP contribution in [0.2, 0.25) is 0 Å². The Morgan fingerprint density at radius 2 is 1.90 bits per heavy atom. The number of nitrogens with zero attached hydrogens (tertiary/aromatic N) is 6. The van der Waals surface area contributed by atoms with Gasteiger partial charge in [0.1, 0.15) is 17.5 Å². The van der Waals surface area contributed by atoms with Gasteiger partial charge in [-0.3, -0.25) is 4.79 Å². The van der Waals surface area contributed by atoms with E-state index in [4.69, 9.17) is 4.98 Å². The number of aryl methyl sites for hydroxylation is 3. The summed E-state index contributed by atoms with van der Waals surface area (Å²) in [5.74, 6) is 2.72. The summed E-state index contributed by atoms with van der Waals surface area (Å²) in [6.45, 7) is 6.43. The third-order valence-electron chi connectivity index (χ3n) is 6.32. The maximum Gasteiger partial charge on any atom is 0.225 e. The highest BCUT2D eigenvalue weighted by Gasteiger charge is 2.28. The molecule has 0 saturated heterocycles. The molecule has 1 aliphatic carbocycles. The summed E-state index contributed by atoms with van der Waals surface area (Å²) in [5, 5.41) is 4.48. The first kappa shape index (κ1) is 20.6. The Hall–Kier alpha value is -2.70. The lowest BCUT2D eigenvalue weighted by atomic mass is 9.93. The van der Waals surface area contributed by atoms with E-state index in [-0.39, 0.29) is 18.0 Å². The van der Waals surface area contributed by atoms with Crippen molar-refractivity contribution in [3.63, 3.8) is 0 Å². The average molecular weight is 409 g/mol. The third-order valence-corrected chi connectivity index (χ3v) is 6.32. The van der Waals surface area contributed by atoms with E-state index < -0.39 is 0 Å². The molecule has 0 spiro atoms. The van der Waals surface area contributed by atoms with Gasteiger partial charge in [-0.1, -0.05) is 31.4 Å². The maximum absolute atomic E-state index is 13.5. The average Bonchev–Trinajstić information content (AvgIpc) is 3.25. The molecule has 7 heteroatoms. The molecule has 30 heavy (non-hydrogen) atoms. The number of rotatable bonds is 6. The number of hydrogen-bond acceptors (Lipinski definition) is 4. The fourth-order valence-corrected chi connectivity index (χ4v) is 4.71. The number of benzene rings is 1. The fourth-order valence-electron chi connectivity index (χ4n) is 4.71. The van der Waals surface area contributed by atoms with Gasteiger partial charge in [0.05, 0.1) is 23.6 Å². The standard InChI is InChI=1S/C23H32N6O/c1-16(29-18(3)24-17(2)26-29)14-23(30)28(19-10-6-5-7-11-19)15-22-25-20-12-8-9-13-21(20)27(22)4/h8-9,12-13,16,19H,5-7,10-11,14-15H2,1-4H3. The number of aromatic nitrogens is 5. The van der Waals surface area contributed by atoms with Crippen LogP contribution in [-0.2, 0) is 18.4 Å². The second-order valence-electron chi connectivity index (χ2n) is 8.59. The number of imidazole rings is 1. The van der Waals surface area contributed by atoms with E-state index in [1.807, 2.05) is 50.7 Å². The summed E-state index contributed by atoms with van der Waals surface area (Å²) in [6, 6.07) is 8.41. The molecule has 3 aromatic rings. The van der Waals surface area contributed by atoms with E-state index in [9.17, 15) is 4.79 Å². The Morgan fingerprint density at radius 3 is 2.57 bits per heavy atom. The Bertz CT molecular complexity index is 1030. The quantitative estimate of drug-likeness (QED) is 0.616. The van der Waals surface area contributed by atoms with Crippen LogP contribution in [0.1, 0.15) is 69.0 Å². The summed E-state index contributed by atoms with van der Waals surface area (Å²) < 4.78 is 3.99. The predicted octanol–water partition coefficient (Wildman–Crippen LogP) is 4.09. The van der Waals surface area contributed by atoms with Crippen molar-refractivity contribution in [2.45, 2.75) is 77.9 Å². The van der Waals surface area contributed by atoms with Crippen molar-refractivity contribution >= 4 is 16.9 Å². The highest BCUT2D eigenvalue weighted by molar-refractivity contribution is 5.78. The SMILES string of the molecule is Cc1nc(C)n(C(C)CC(=O)N(Cc2nc3ccccc3n2C)C2CCCCC2)n1. The second kappa shape index (κ2) is 8.58. The van der Waals surface area contributed by atoms with Crippen LogP contribution in [0.5, 0.6) is 0 Å². The van der Waals surface area contributed by atoms with E-state index in [1.54, 1.807) is 0 Å². The number of para-hydroxylation sites is 2. The molecule has 0 aliphatic heterocycles. The van der Waals surface area contributed by atoms with Crippen LogP contribution < -0.4 is 0 Å². The minimum absolute atomic E-state index is 0.0229. The van der Waals surface area contributed by atoms with E-state index >= 15 is 0 Å². The lowest BCUT2D eigenvalue weighted by Gasteiger charge is -2.35. The lowest BCUT2D eigenvalue weighted by Crippen LogP contribution is -2.42. The molecule has 1 aliphatic rings. The molecule has 2 aromatic heterocycles. The Labute approximate surface area is 178 Å². The molecule has 1 aromatic carbocycles. The van der Waals surface area contributed by atoms with Crippen molar-refractivity contribution in [3.8, 4) is 0 Å². The summed E-state index contributed by atoms with van der Waals surface area (Å²) in [6.07, 6.45) is 6.21. The van der Waals surface area contributed by atoms with Gasteiger partial charge in [-0.05, 0) is 45.7 Å². The molecule has 4 rings (SSSR count). The minimum Gasteiger partial charge on any atom is -0.332 e. The molecule has 1 atom stereocenters. The van der Waals surface area contributed by atoms with Crippen LogP contribution >= 0.6 is 0 Å². The molecule has 0 radical (unpaired) electrons. The van der Waals surface area contributed by atoms with Gasteiger partial charge in [0.15, 0.2) is 0 Å². The van der Waals surface area contributed by atoms with Crippen LogP contribution in [0.15, 0.2) is 24.3 Å². The summed E-state index contributed by atoms with van der Waals surface area (Å²) >= 11 is 0. The zero-order chi connectivity index (χ0) is 21.3. The van der Waals surface area contributed by atoms with Crippen molar-refractivity contribution < 1.29 is 4.79 Å². The smallest absolute Gasteiger partial charge is 0.225 e. The number of carbonyl (C=O) groups excluding carboxylic acids is 1. The van der Waals surface area contributed by atoms with Crippen LogP contribution in [0.25, 0.3) is 11.0 Å². The second-order valence-corrected chi connectivity index (χ2v) is 8.59. The Kier molecular flexibility index (Phi) is 5.88. The van der Waals surface area contributed by atoms with Gasteiger partial charge in [0.2, 0.25) is 5.91 Å². The molecule has 1 saturated carbocycles. The maximum atomic E-state index is 13.5. The number of fused-ring (bicyclic) bond motifs is 1. The van der Waals surface area contributed by atoms with Crippen molar-refractivity contribution in [1.82, 2.24) is 29.2 Å². The molecular weight excluding hydrogens is 376 g/mol. The van der Waals surface area contributed by atoms with Crippen LogP contribution in [-0.4, -0.2) is 41.2 Å². The molecular formula is C23H32N6O. The van der Waals surface area contributed by atoms with Crippen molar-refractivity contribution in [2.24, 2.45) is 7.05 Å². The molecule has 7 nitrogen and oxygen atoms in total. The van der Waals surface area contributed by atoms with Gasteiger partial charge in [-0.15, -0.1) is 0 Å². The van der Waals surface area contributed by atoms with Crippen LogP contribution in [0.3, 0.4) is 0 Å². The monoisotopic (exact) mass is 408 g/mol. The van der Waals surface area contributed by atoms with E-state index in [0.29, 0.717) is 13.0 Å². The van der Waals surface area contributed by atoms with Gasteiger partial charge < -0.3 is 9.47 Å². The summed E-state index contributed by atoms with van der Waals surface area (Å²) in [5.41, 5.74) is 2.08. The number of amides is 1. The normalized spacial score (nSPS) is 16.1.